The second-order valence-electron chi connectivity index (χ2n) is 3.59. The largest absolute Gasteiger partial charge is 0.294 e. The number of ketones is 1. The zero-order valence-corrected chi connectivity index (χ0v) is 9.68. The lowest BCUT2D eigenvalue weighted by Gasteiger charge is -2.04. The first-order valence-corrected chi connectivity index (χ1v) is 5.87. The average Bonchev–Trinajstić information content (AvgIpc) is 2.74. The highest BCUT2D eigenvalue weighted by molar-refractivity contribution is 7.10. The van der Waals surface area contributed by atoms with Gasteiger partial charge in [0, 0.05) is 16.9 Å². The van der Waals surface area contributed by atoms with Crippen LogP contribution in [0.25, 0.3) is 0 Å². The average molecular weight is 234 g/mol. The Morgan fingerprint density at radius 2 is 2.12 bits per heavy atom. The molecule has 1 nitrogen and oxygen atoms in total. The number of hydrogen-bond acceptors (Lipinski definition) is 2. The summed E-state index contributed by atoms with van der Waals surface area (Å²) in [4.78, 5) is 12.9. The monoisotopic (exact) mass is 234 g/mol. The molecule has 0 amide bonds. The van der Waals surface area contributed by atoms with Crippen LogP contribution in [0.15, 0.2) is 35.7 Å². The SMILES string of the molecule is Cc1c(F)cccc1C(=O)Cc1cccs1. The van der Waals surface area contributed by atoms with Crippen LogP contribution in [-0.2, 0) is 6.42 Å². The van der Waals surface area contributed by atoms with Crippen LogP contribution in [0.4, 0.5) is 4.39 Å². The topological polar surface area (TPSA) is 17.1 Å². The van der Waals surface area contributed by atoms with Gasteiger partial charge < -0.3 is 0 Å². The van der Waals surface area contributed by atoms with Crippen molar-refractivity contribution in [2.45, 2.75) is 13.3 Å². The summed E-state index contributed by atoms with van der Waals surface area (Å²) in [5, 5.41) is 1.93. The van der Waals surface area contributed by atoms with Crippen LogP contribution < -0.4 is 0 Å². The second-order valence-corrected chi connectivity index (χ2v) is 4.62. The summed E-state index contributed by atoms with van der Waals surface area (Å²) in [5.41, 5.74) is 0.914. The number of thiophene rings is 1. The van der Waals surface area contributed by atoms with Crippen molar-refractivity contribution in [1.82, 2.24) is 0 Å². The standard InChI is InChI=1S/C13H11FOS/c1-9-11(5-2-6-12(9)14)13(15)8-10-4-3-7-16-10/h2-7H,8H2,1H3. The molecule has 0 saturated heterocycles. The Morgan fingerprint density at radius 3 is 2.81 bits per heavy atom. The third kappa shape index (κ3) is 2.19. The number of halogens is 1. The summed E-state index contributed by atoms with van der Waals surface area (Å²) in [6.07, 6.45) is 0.349. The molecule has 0 atom stereocenters. The van der Waals surface area contributed by atoms with Crippen molar-refractivity contribution >= 4 is 17.1 Å². The van der Waals surface area contributed by atoms with Gasteiger partial charge in [0.2, 0.25) is 0 Å². The van der Waals surface area contributed by atoms with E-state index in [0.717, 1.165) is 4.88 Å². The van der Waals surface area contributed by atoms with Gasteiger partial charge in [0.15, 0.2) is 5.78 Å². The van der Waals surface area contributed by atoms with Crippen molar-refractivity contribution in [3.05, 3.63) is 57.5 Å². The van der Waals surface area contributed by atoms with Crippen molar-refractivity contribution in [3.63, 3.8) is 0 Å². The van der Waals surface area contributed by atoms with Crippen LogP contribution in [0.5, 0.6) is 0 Å². The lowest BCUT2D eigenvalue weighted by molar-refractivity contribution is 0.0992. The molecule has 2 aromatic rings. The molecular formula is C13H11FOS. The van der Waals surface area contributed by atoms with Crippen molar-refractivity contribution < 1.29 is 9.18 Å². The number of benzene rings is 1. The first-order valence-electron chi connectivity index (χ1n) is 4.99. The molecule has 2 rings (SSSR count). The summed E-state index contributed by atoms with van der Waals surface area (Å²) in [5.74, 6) is -0.350. The molecule has 0 saturated carbocycles. The van der Waals surface area contributed by atoms with Gasteiger partial charge in [-0.2, -0.15) is 0 Å². The van der Waals surface area contributed by atoms with Crippen LogP contribution in [0.3, 0.4) is 0 Å². The third-order valence-electron chi connectivity index (χ3n) is 2.48. The molecule has 3 heteroatoms. The molecule has 0 N–H and O–H groups in total. The fraction of sp³-hybridized carbons (Fsp3) is 0.154. The minimum absolute atomic E-state index is 0.0283. The van der Waals surface area contributed by atoms with Crippen LogP contribution in [0.1, 0.15) is 20.8 Å². The van der Waals surface area contributed by atoms with E-state index in [2.05, 4.69) is 0 Å². The van der Waals surface area contributed by atoms with E-state index in [4.69, 9.17) is 0 Å². The summed E-state index contributed by atoms with van der Waals surface area (Å²) in [7, 11) is 0. The van der Waals surface area contributed by atoms with E-state index >= 15 is 0 Å². The molecular weight excluding hydrogens is 223 g/mol. The van der Waals surface area contributed by atoms with Crippen molar-refractivity contribution in [2.75, 3.05) is 0 Å². The maximum absolute atomic E-state index is 13.3. The molecule has 0 fully saturated rings. The Morgan fingerprint density at radius 1 is 1.31 bits per heavy atom. The minimum atomic E-state index is -0.322. The highest BCUT2D eigenvalue weighted by atomic mass is 32.1. The Kier molecular flexibility index (Phi) is 3.15. The molecule has 0 aliphatic heterocycles. The van der Waals surface area contributed by atoms with Crippen LogP contribution >= 0.6 is 11.3 Å². The lowest BCUT2D eigenvalue weighted by Crippen LogP contribution is -2.05. The summed E-state index contributed by atoms with van der Waals surface area (Å²) < 4.78 is 13.3. The zero-order valence-electron chi connectivity index (χ0n) is 8.87. The fourth-order valence-electron chi connectivity index (χ4n) is 1.58. The van der Waals surface area contributed by atoms with Gasteiger partial charge in [0.05, 0.1) is 0 Å². The number of carbonyl (C=O) groups is 1. The van der Waals surface area contributed by atoms with Gasteiger partial charge in [0.1, 0.15) is 5.82 Å². The second kappa shape index (κ2) is 4.58. The normalized spacial score (nSPS) is 10.4. The number of rotatable bonds is 3. The molecule has 16 heavy (non-hydrogen) atoms. The Labute approximate surface area is 97.6 Å². The predicted octanol–water partition coefficient (Wildman–Crippen LogP) is 3.62. The Bertz CT molecular complexity index is 503. The Balaban J connectivity index is 2.24. The highest BCUT2D eigenvalue weighted by Crippen LogP contribution is 2.17. The first-order chi connectivity index (χ1) is 7.68. The number of Topliss-reactive ketones (excluding diaryl/α,β-unsaturated/α-hetero) is 1. The number of hydrogen-bond donors (Lipinski definition) is 0. The minimum Gasteiger partial charge on any atom is -0.294 e. The van der Waals surface area contributed by atoms with Gasteiger partial charge in [0.25, 0.3) is 0 Å². The van der Waals surface area contributed by atoms with E-state index in [1.165, 1.54) is 6.07 Å². The lowest BCUT2D eigenvalue weighted by atomic mass is 10.0. The molecule has 0 spiro atoms. The summed E-state index contributed by atoms with van der Waals surface area (Å²) >= 11 is 1.54. The quantitative estimate of drug-likeness (QED) is 0.741. The molecule has 0 aliphatic carbocycles. The zero-order chi connectivity index (χ0) is 11.5. The maximum atomic E-state index is 13.3. The first kappa shape index (κ1) is 11.0. The van der Waals surface area contributed by atoms with Crippen molar-refractivity contribution in [2.24, 2.45) is 0 Å². The molecule has 1 aromatic carbocycles. The molecule has 0 unspecified atom stereocenters. The molecule has 82 valence electrons. The van der Waals surface area contributed by atoms with Crippen molar-refractivity contribution in [1.29, 1.82) is 0 Å². The molecule has 1 heterocycles. The van der Waals surface area contributed by atoms with Crippen LogP contribution in [-0.4, -0.2) is 5.78 Å². The Hall–Kier alpha value is -1.48. The van der Waals surface area contributed by atoms with E-state index in [-0.39, 0.29) is 11.6 Å². The third-order valence-corrected chi connectivity index (χ3v) is 3.36. The molecule has 0 aliphatic rings. The molecule has 0 radical (unpaired) electrons. The van der Waals surface area contributed by atoms with E-state index in [1.54, 1.807) is 30.4 Å². The van der Waals surface area contributed by atoms with E-state index in [0.29, 0.717) is 17.5 Å². The van der Waals surface area contributed by atoms with E-state index in [9.17, 15) is 9.18 Å². The smallest absolute Gasteiger partial charge is 0.168 e. The van der Waals surface area contributed by atoms with Gasteiger partial charge in [-0.25, -0.2) is 4.39 Å². The summed E-state index contributed by atoms with van der Waals surface area (Å²) in [6.45, 7) is 1.64. The van der Waals surface area contributed by atoms with Crippen molar-refractivity contribution in [3.8, 4) is 0 Å². The highest BCUT2D eigenvalue weighted by Gasteiger charge is 2.12. The van der Waals surface area contributed by atoms with Crippen LogP contribution in [0.2, 0.25) is 0 Å². The van der Waals surface area contributed by atoms with Gasteiger partial charge in [-0.15, -0.1) is 11.3 Å². The summed E-state index contributed by atoms with van der Waals surface area (Å²) in [6, 6.07) is 8.44. The van der Waals surface area contributed by atoms with Gasteiger partial charge >= 0.3 is 0 Å². The van der Waals surface area contributed by atoms with E-state index in [1.807, 2.05) is 17.5 Å². The van der Waals surface area contributed by atoms with E-state index < -0.39 is 0 Å². The maximum Gasteiger partial charge on any atom is 0.168 e. The molecule has 1 aromatic heterocycles. The fourth-order valence-corrected chi connectivity index (χ4v) is 2.28. The van der Waals surface area contributed by atoms with Gasteiger partial charge in [-0.3, -0.25) is 4.79 Å². The van der Waals surface area contributed by atoms with Gasteiger partial charge in [-0.1, -0.05) is 18.2 Å². The van der Waals surface area contributed by atoms with Gasteiger partial charge in [-0.05, 0) is 30.0 Å². The number of carbonyl (C=O) groups excluding carboxylic acids is 1. The molecule has 0 bridgehead atoms. The predicted molar refractivity (Wildman–Crippen MR) is 63.5 cm³/mol. The van der Waals surface area contributed by atoms with Crippen LogP contribution in [0, 0.1) is 12.7 Å².